The van der Waals surface area contributed by atoms with Gasteiger partial charge in [0.15, 0.2) is 16.7 Å². The highest BCUT2D eigenvalue weighted by Crippen LogP contribution is 2.32. The normalized spacial score (nSPS) is 14.6. The minimum absolute atomic E-state index is 0.0184. The maximum Gasteiger partial charge on any atom is 0.387 e. The van der Waals surface area contributed by atoms with Crippen LogP contribution in [0.5, 0.6) is 11.5 Å². The second kappa shape index (κ2) is 11.6. The van der Waals surface area contributed by atoms with E-state index in [0.717, 1.165) is 44.8 Å². The van der Waals surface area contributed by atoms with Gasteiger partial charge in [-0.3, -0.25) is 14.3 Å². The van der Waals surface area contributed by atoms with E-state index in [0.29, 0.717) is 28.4 Å². The van der Waals surface area contributed by atoms with Crippen LogP contribution in [0.4, 0.5) is 8.78 Å². The summed E-state index contributed by atoms with van der Waals surface area (Å²) in [5, 5.41) is 1.21. The van der Waals surface area contributed by atoms with Gasteiger partial charge in [0, 0.05) is 31.9 Å². The van der Waals surface area contributed by atoms with Crippen LogP contribution in [-0.2, 0) is 17.0 Å². The van der Waals surface area contributed by atoms with E-state index in [-0.39, 0.29) is 17.1 Å². The quantitative estimate of drug-likeness (QED) is 0.314. The highest BCUT2D eigenvalue weighted by Gasteiger charge is 2.15. The van der Waals surface area contributed by atoms with Gasteiger partial charge in [0.2, 0.25) is 0 Å². The average Bonchev–Trinajstić information content (AvgIpc) is 2.85. The lowest BCUT2D eigenvalue weighted by molar-refractivity contribution is -0.0512. The Morgan fingerprint density at radius 1 is 1.12 bits per heavy atom. The van der Waals surface area contributed by atoms with E-state index in [1.165, 1.54) is 24.9 Å². The lowest BCUT2D eigenvalue weighted by Crippen LogP contribution is -2.37. The van der Waals surface area contributed by atoms with Gasteiger partial charge in [-0.2, -0.15) is 8.78 Å². The van der Waals surface area contributed by atoms with Gasteiger partial charge in [-0.15, -0.1) is 0 Å². The zero-order valence-corrected chi connectivity index (χ0v) is 19.7. The van der Waals surface area contributed by atoms with E-state index in [1.54, 1.807) is 22.8 Å². The maximum atomic E-state index is 13.3. The maximum absolute atomic E-state index is 13.3. The summed E-state index contributed by atoms with van der Waals surface area (Å²) in [6, 6.07) is 12.2. The predicted molar refractivity (Wildman–Crippen MR) is 127 cm³/mol. The van der Waals surface area contributed by atoms with Gasteiger partial charge in [-0.1, -0.05) is 30.0 Å². The average molecular weight is 492 g/mol. The zero-order valence-electron chi connectivity index (χ0n) is 18.9. The lowest BCUT2D eigenvalue weighted by atomic mass is 10.2. The molecule has 3 aromatic rings. The Balaban J connectivity index is 1.53. The topological polar surface area (TPSA) is 65.8 Å². The highest BCUT2D eigenvalue weighted by molar-refractivity contribution is 7.98. The molecule has 4 rings (SSSR count). The fourth-order valence-corrected chi connectivity index (χ4v) is 4.84. The molecular weight excluding hydrogens is 464 g/mol. The first kappa shape index (κ1) is 24.4. The third-order valence-electron chi connectivity index (χ3n) is 5.60. The Morgan fingerprint density at radius 2 is 1.91 bits per heavy atom. The van der Waals surface area contributed by atoms with Gasteiger partial charge in [0.25, 0.3) is 5.56 Å². The molecule has 1 saturated heterocycles. The summed E-state index contributed by atoms with van der Waals surface area (Å²) in [5.41, 5.74) is 1.43. The molecule has 0 bridgehead atoms. The fourth-order valence-electron chi connectivity index (χ4n) is 3.88. The first-order chi connectivity index (χ1) is 16.5. The summed E-state index contributed by atoms with van der Waals surface area (Å²) in [7, 11) is 1.40. The number of halogens is 2. The first-order valence-corrected chi connectivity index (χ1v) is 12.1. The summed E-state index contributed by atoms with van der Waals surface area (Å²) in [4.78, 5) is 20.4. The molecule has 182 valence electrons. The monoisotopic (exact) mass is 491 g/mol. The number of ether oxygens (including phenoxy) is 3. The smallest absolute Gasteiger partial charge is 0.387 e. The molecule has 2 heterocycles. The molecular formula is C24H27F2N3O4S. The van der Waals surface area contributed by atoms with Gasteiger partial charge in [0.1, 0.15) is 0 Å². The second-order valence-electron chi connectivity index (χ2n) is 7.83. The molecule has 34 heavy (non-hydrogen) atoms. The zero-order chi connectivity index (χ0) is 23.9. The number of methoxy groups -OCH3 is 1. The Bertz CT molecular complexity index is 1170. The number of nitrogens with zero attached hydrogens (tertiary/aromatic N) is 3. The van der Waals surface area contributed by atoms with Crippen molar-refractivity contribution in [2.24, 2.45) is 0 Å². The number of para-hydroxylation sites is 1. The molecule has 0 aliphatic carbocycles. The van der Waals surface area contributed by atoms with E-state index in [9.17, 15) is 13.6 Å². The van der Waals surface area contributed by atoms with Crippen LogP contribution in [0.25, 0.3) is 10.9 Å². The molecule has 1 fully saturated rings. The molecule has 7 nitrogen and oxygen atoms in total. The molecule has 10 heteroatoms. The van der Waals surface area contributed by atoms with E-state index in [1.807, 2.05) is 18.2 Å². The van der Waals surface area contributed by atoms with Gasteiger partial charge in [-0.05, 0) is 36.2 Å². The number of rotatable bonds is 10. The first-order valence-electron chi connectivity index (χ1n) is 11.1. The van der Waals surface area contributed by atoms with Gasteiger partial charge in [-0.25, -0.2) is 4.98 Å². The SMILES string of the molecule is COc1cc(CSc2nc3ccccc3c(=O)n2CCCN2CCOCC2)ccc1OC(F)F. The Hall–Kier alpha value is -2.69. The van der Waals surface area contributed by atoms with E-state index < -0.39 is 6.61 Å². The van der Waals surface area contributed by atoms with Crippen molar-refractivity contribution in [3.05, 3.63) is 58.4 Å². The molecule has 0 atom stereocenters. The largest absolute Gasteiger partial charge is 0.493 e. The van der Waals surface area contributed by atoms with Crippen LogP contribution < -0.4 is 15.0 Å². The van der Waals surface area contributed by atoms with Crippen LogP contribution in [0.15, 0.2) is 52.4 Å². The Kier molecular flexibility index (Phi) is 8.36. The molecule has 0 spiro atoms. The number of thioether (sulfide) groups is 1. The van der Waals surface area contributed by atoms with E-state index in [4.69, 9.17) is 14.5 Å². The fraction of sp³-hybridized carbons (Fsp3) is 0.417. The number of alkyl halides is 2. The van der Waals surface area contributed by atoms with Crippen LogP contribution in [0, 0.1) is 0 Å². The minimum Gasteiger partial charge on any atom is -0.493 e. The molecule has 2 aromatic carbocycles. The van der Waals surface area contributed by atoms with Crippen molar-refractivity contribution in [3.8, 4) is 11.5 Å². The summed E-state index contributed by atoms with van der Waals surface area (Å²) < 4.78 is 42.0. The van der Waals surface area contributed by atoms with Crippen molar-refractivity contribution < 1.29 is 23.0 Å². The van der Waals surface area contributed by atoms with Crippen LogP contribution >= 0.6 is 11.8 Å². The molecule has 0 saturated carbocycles. The molecule has 0 amide bonds. The minimum atomic E-state index is -2.93. The molecule has 1 aromatic heterocycles. The van der Waals surface area contributed by atoms with Crippen molar-refractivity contribution in [2.45, 2.75) is 30.5 Å². The Morgan fingerprint density at radius 3 is 2.68 bits per heavy atom. The molecule has 0 radical (unpaired) electrons. The van der Waals surface area contributed by atoms with Gasteiger partial charge < -0.3 is 14.2 Å². The second-order valence-corrected chi connectivity index (χ2v) is 8.77. The third-order valence-corrected chi connectivity index (χ3v) is 6.65. The number of fused-ring (bicyclic) bond motifs is 1. The molecule has 1 aliphatic heterocycles. The van der Waals surface area contributed by atoms with E-state index in [2.05, 4.69) is 9.64 Å². The molecule has 1 aliphatic rings. The number of hydrogen-bond donors (Lipinski definition) is 0. The van der Waals surface area contributed by atoms with E-state index >= 15 is 0 Å². The van der Waals surface area contributed by atoms with Crippen molar-refractivity contribution in [3.63, 3.8) is 0 Å². The van der Waals surface area contributed by atoms with Crippen LogP contribution in [-0.4, -0.2) is 61.0 Å². The van der Waals surface area contributed by atoms with Crippen molar-refractivity contribution >= 4 is 22.7 Å². The number of benzene rings is 2. The number of hydrogen-bond acceptors (Lipinski definition) is 7. The number of aromatic nitrogens is 2. The standard InChI is InChI=1S/C24H27F2N3O4S/c1-31-21-15-17(7-8-20(21)33-23(25)26)16-34-24-27-19-6-3-2-5-18(19)22(30)29(24)10-4-9-28-11-13-32-14-12-28/h2-3,5-8,15,23H,4,9-14,16H2,1H3. The third kappa shape index (κ3) is 6.05. The van der Waals surface area contributed by atoms with Crippen LogP contribution in [0.1, 0.15) is 12.0 Å². The van der Waals surface area contributed by atoms with Gasteiger partial charge >= 0.3 is 6.61 Å². The summed E-state index contributed by atoms with van der Waals surface area (Å²) >= 11 is 1.43. The molecule has 0 unspecified atom stereocenters. The highest BCUT2D eigenvalue weighted by atomic mass is 32.2. The summed E-state index contributed by atoms with van der Waals surface area (Å²) in [6.45, 7) is 1.80. The van der Waals surface area contributed by atoms with Crippen LogP contribution in [0.2, 0.25) is 0 Å². The Labute approximate surface area is 200 Å². The summed E-state index contributed by atoms with van der Waals surface area (Å²) in [6.07, 6.45) is 0.820. The van der Waals surface area contributed by atoms with Crippen molar-refractivity contribution in [2.75, 3.05) is 40.0 Å². The lowest BCUT2D eigenvalue weighted by Gasteiger charge is -2.26. The van der Waals surface area contributed by atoms with Gasteiger partial charge in [0.05, 0.1) is 31.2 Å². The van der Waals surface area contributed by atoms with Crippen molar-refractivity contribution in [1.29, 1.82) is 0 Å². The number of morpholine rings is 1. The molecule has 0 N–H and O–H groups in total. The summed E-state index contributed by atoms with van der Waals surface area (Å²) in [5.74, 6) is 0.697. The predicted octanol–water partition coefficient (Wildman–Crippen LogP) is 4.02. The van der Waals surface area contributed by atoms with Crippen molar-refractivity contribution in [1.82, 2.24) is 14.5 Å². The van der Waals surface area contributed by atoms with Crippen LogP contribution in [0.3, 0.4) is 0 Å².